The monoisotopic (exact) mass is 276 g/mol. The second kappa shape index (κ2) is 4.96. The molecule has 0 spiro atoms. The fraction of sp³-hybridized carbons (Fsp3) is 0.538. The normalized spacial score (nSPS) is 19.0. The summed E-state index contributed by atoms with van der Waals surface area (Å²) in [6.07, 6.45) is 0.357. The van der Waals surface area contributed by atoms with Crippen molar-refractivity contribution in [2.45, 2.75) is 13.3 Å². The van der Waals surface area contributed by atoms with Crippen LogP contribution in [0, 0.1) is 17.2 Å². The summed E-state index contributed by atoms with van der Waals surface area (Å²) < 4.78 is 2.21. The molecule has 7 nitrogen and oxygen atoms in total. The van der Waals surface area contributed by atoms with Crippen LogP contribution in [0.5, 0.6) is 0 Å². The third-order valence-electron chi connectivity index (χ3n) is 3.72. The van der Waals surface area contributed by atoms with Crippen molar-refractivity contribution in [3.05, 3.63) is 26.4 Å². The minimum Gasteiger partial charge on any atom is -0.355 e. The lowest BCUT2D eigenvalue weighted by Crippen LogP contribution is -2.46. The maximum Gasteiger partial charge on any atom is 0.332 e. The number of piperidine rings is 1. The molecule has 1 aliphatic rings. The lowest BCUT2D eigenvalue weighted by Gasteiger charge is -2.33. The molecule has 0 radical (unpaired) electrons. The lowest BCUT2D eigenvalue weighted by atomic mass is 9.98. The van der Waals surface area contributed by atoms with Gasteiger partial charge in [0.25, 0.3) is 5.56 Å². The summed E-state index contributed by atoms with van der Waals surface area (Å²) in [5.74, 6) is 0.294. The van der Waals surface area contributed by atoms with Crippen molar-refractivity contribution in [3.63, 3.8) is 0 Å². The number of nitrogens with zero attached hydrogens (tertiary/aromatic N) is 4. The first-order valence-electron chi connectivity index (χ1n) is 6.36. The van der Waals surface area contributed by atoms with Gasteiger partial charge < -0.3 is 4.90 Å². The third kappa shape index (κ3) is 2.03. The van der Waals surface area contributed by atoms with Gasteiger partial charge in [0.1, 0.15) is 17.7 Å². The molecule has 2 rings (SSSR count). The first-order valence-corrected chi connectivity index (χ1v) is 6.36. The molecule has 0 N–H and O–H groups in total. The van der Waals surface area contributed by atoms with Crippen molar-refractivity contribution in [1.29, 1.82) is 5.26 Å². The smallest absolute Gasteiger partial charge is 0.332 e. The Morgan fingerprint density at radius 1 is 1.20 bits per heavy atom. The molecule has 1 aromatic heterocycles. The van der Waals surface area contributed by atoms with Gasteiger partial charge in [-0.05, 0) is 0 Å². The SMILES string of the molecule is CC1CN(c2c(C#N)c(=O)n(C)c(=O)n2C)CCC1=O. The van der Waals surface area contributed by atoms with Gasteiger partial charge in [0.15, 0.2) is 5.56 Å². The molecule has 0 bridgehead atoms. The van der Waals surface area contributed by atoms with E-state index in [4.69, 9.17) is 0 Å². The Balaban J connectivity index is 2.64. The van der Waals surface area contributed by atoms with E-state index in [-0.39, 0.29) is 17.3 Å². The molecular formula is C13H16N4O3. The van der Waals surface area contributed by atoms with Crippen molar-refractivity contribution in [2.75, 3.05) is 18.0 Å². The zero-order valence-electron chi connectivity index (χ0n) is 11.7. The molecule has 1 saturated heterocycles. The van der Waals surface area contributed by atoms with Gasteiger partial charge in [-0.15, -0.1) is 0 Å². The van der Waals surface area contributed by atoms with E-state index >= 15 is 0 Å². The van der Waals surface area contributed by atoms with Crippen LogP contribution in [0.25, 0.3) is 0 Å². The number of hydrogen-bond donors (Lipinski definition) is 0. The summed E-state index contributed by atoms with van der Waals surface area (Å²) in [6, 6.07) is 1.88. The van der Waals surface area contributed by atoms with E-state index < -0.39 is 11.2 Å². The number of nitriles is 1. The van der Waals surface area contributed by atoms with Crippen LogP contribution in [0.3, 0.4) is 0 Å². The molecule has 0 saturated carbocycles. The fourth-order valence-corrected chi connectivity index (χ4v) is 2.51. The van der Waals surface area contributed by atoms with Gasteiger partial charge in [0.05, 0.1) is 0 Å². The van der Waals surface area contributed by atoms with Crippen LogP contribution >= 0.6 is 0 Å². The molecule has 0 aliphatic carbocycles. The summed E-state index contributed by atoms with van der Waals surface area (Å²) in [5, 5.41) is 9.22. The standard InChI is InChI=1S/C13H16N4O3/c1-8-7-17(5-4-10(8)18)11-9(6-14)12(19)16(3)13(20)15(11)2/h8H,4-5,7H2,1-3H3. The van der Waals surface area contributed by atoms with Crippen LogP contribution in [0.4, 0.5) is 5.82 Å². The topological polar surface area (TPSA) is 88.1 Å². The molecule has 0 aromatic carbocycles. The van der Waals surface area contributed by atoms with Crippen LogP contribution in [-0.4, -0.2) is 28.0 Å². The van der Waals surface area contributed by atoms with E-state index in [0.717, 1.165) is 4.57 Å². The molecule has 2 heterocycles. The van der Waals surface area contributed by atoms with Gasteiger partial charge in [-0.25, -0.2) is 4.79 Å². The molecule has 1 aliphatic heterocycles. The number of carbonyl (C=O) groups is 1. The van der Waals surface area contributed by atoms with Crippen LogP contribution < -0.4 is 16.1 Å². The Morgan fingerprint density at radius 2 is 1.85 bits per heavy atom. The Hall–Kier alpha value is -2.36. The van der Waals surface area contributed by atoms with Gasteiger partial charge in [0.2, 0.25) is 0 Å². The van der Waals surface area contributed by atoms with Crippen molar-refractivity contribution in [3.8, 4) is 6.07 Å². The van der Waals surface area contributed by atoms with Gasteiger partial charge >= 0.3 is 5.69 Å². The quantitative estimate of drug-likeness (QED) is 0.681. The summed E-state index contributed by atoms with van der Waals surface area (Å²) in [7, 11) is 2.87. The van der Waals surface area contributed by atoms with Gasteiger partial charge in [-0.2, -0.15) is 5.26 Å². The van der Waals surface area contributed by atoms with Gasteiger partial charge in [-0.1, -0.05) is 6.92 Å². The highest BCUT2D eigenvalue weighted by Crippen LogP contribution is 2.21. The summed E-state index contributed by atoms with van der Waals surface area (Å²) in [6.45, 7) is 2.63. The Kier molecular flexibility index (Phi) is 3.49. The fourth-order valence-electron chi connectivity index (χ4n) is 2.51. The number of ketones is 1. The first-order chi connectivity index (χ1) is 9.38. The summed E-state index contributed by atoms with van der Waals surface area (Å²) in [5.41, 5.74) is -1.14. The number of Topliss-reactive ketones (excluding diaryl/α,β-unsaturated/α-hetero) is 1. The highest BCUT2D eigenvalue weighted by atomic mass is 16.2. The predicted octanol–water partition coefficient (Wildman–Crippen LogP) is -0.629. The van der Waals surface area contributed by atoms with Gasteiger partial charge in [0, 0.05) is 39.5 Å². The van der Waals surface area contributed by atoms with Crippen molar-refractivity contribution in [2.24, 2.45) is 20.0 Å². The minimum absolute atomic E-state index is 0.0591. The number of hydrogen-bond acceptors (Lipinski definition) is 5. The predicted molar refractivity (Wildman–Crippen MR) is 72.6 cm³/mol. The number of aromatic nitrogens is 2. The van der Waals surface area contributed by atoms with Crippen molar-refractivity contribution in [1.82, 2.24) is 9.13 Å². The number of carbonyl (C=O) groups excluding carboxylic acids is 1. The van der Waals surface area contributed by atoms with E-state index in [2.05, 4.69) is 0 Å². The summed E-state index contributed by atoms with van der Waals surface area (Å²) >= 11 is 0. The van der Waals surface area contributed by atoms with E-state index in [1.54, 1.807) is 11.8 Å². The molecule has 106 valence electrons. The molecule has 1 aromatic rings. The number of rotatable bonds is 1. The van der Waals surface area contributed by atoms with E-state index in [0.29, 0.717) is 25.3 Å². The molecule has 1 fully saturated rings. The largest absolute Gasteiger partial charge is 0.355 e. The maximum absolute atomic E-state index is 12.0. The van der Waals surface area contributed by atoms with Gasteiger partial charge in [-0.3, -0.25) is 18.7 Å². The molecule has 20 heavy (non-hydrogen) atoms. The summed E-state index contributed by atoms with van der Waals surface area (Å²) in [4.78, 5) is 37.3. The van der Waals surface area contributed by atoms with Crippen LogP contribution in [-0.2, 0) is 18.9 Å². The zero-order chi connectivity index (χ0) is 15.0. The highest BCUT2D eigenvalue weighted by molar-refractivity contribution is 5.83. The first kappa shape index (κ1) is 14.1. The minimum atomic E-state index is -0.602. The lowest BCUT2D eigenvalue weighted by molar-refractivity contribution is -0.122. The Morgan fingerprint density at radius 3 is 2.40 bits per heavy atom. The Bertz CT molecular complexity index is 723. The number of anilines is 1. The molecule has 1 unspecified atom stereocenters. The molecular weight excluding hydrogens is 260 g/mol. The molecule has 1 atom stereocenters. The second-order valence-corrected chi connectivity index (χ2v) is 5.08. The average Bonchev–Trinajstić information content (AvgIpc) is 2.43. The molecule has 0 amide bonds. The van der Waals surface area contributed by atoms with E-state index in [1.165, 1.54) is 18.7 Å². The Labute approximate surface area is 115 Å². The van der Waals surface area contributed by atoms with Crippen LogP contribution in [0.2, 0.25) is 0 Å². The average molecular weight is 276 g/mol. The van der Waals surface area contributed by atoms with Crippen LogP contribution in [0.1, 0.15) is 18.9 Å². The second-order valence-electron chi connectivity index (χ2n) is 5.08. The van der Waals surface area contributed by atoms with E-state index in [1.807, 2.05) is 6.07 Å². The van der Waals surface area contributed by atoms with Crippen molar-refractivity contribution >= 4 is 11.6 Å². The third-order valence-corrected chi connectivity index (χ3v) is 3.72. The molecule has 7 heteroatoms. The highest BCUT2D eigenvalue weighted by Gasteiger charge is 2.28. The van der Waals surface area contributed by atoms with Crippen molar-refractivity contribution < 1.29 is 4.79 Å². The van der Waals surface area contributed by atoms with Crippen LogP contribution in [0.15, 0.2) is 9.59 Å². The zero-order valence-corrected chi connectivity index (χ0v) is 11.7. The van der Waals surface area contributed by atoms with E-state index in [9.17, 15) is 19.6 Å². The maximum atomic E-state index is 12.0.